The molecule has 0 heterocycles. The van der Waals surface area contributed by atoms with Crippen LogP contribution < -0.4 is 10.1 Å². The van der Waals surface area contributed by atoms with Crippen LogP contribution in [-0.2, 0) is 0 Å². The van der Waals surface area contributed by atoms with E-state index in [0.717, 1.165) is 31.4 Å². The van der Waals surface area contributed by atoms with E-state index in [-0.39, 0.29) is 0 Å². The molecule has 0 bridgehead atoms. The molecule has 0 saturated heterocycles. The molecule has 1 aliphatic carbocycles. The van der Waals surface area contributed by atoms with Crippen LogP contribution in [0.25, 0.3) is 0 Å². The van der Waals surface area contributed by atoms with E-state index < -0.39 is 0 Å². The van der Waals surface area contributed by atoms with Gasteiger partial charge in [0.25, 0.3) is 0 Å². The minimum absolute atomic E-state index is 0.700. The highest BCUT2D eigenvalue weighted by Gasteiger charge is 2.11. The SMILES string of the molecule is Cc1ccc(Cl)c(OCCCNC2CCCCC2)c1. The summed E-state index contributed by atoms with van der Waals surface area (Å²) in [7, 11) is 0. The first-order chi connectivity index (χ1) is 9.25. The van der Waals surface area contributed by atoms with Gasteiger partial charge in [0.15, 0.2) is 0 Å². The van der Waals surface area contributed by atoms with Crippen LogP contribution in [0.4, 0.5) is 0 Å². The Balaban J connectivity index is 1.62. The number of hydrogen-bond donors (Lipinski definition) is 1. The molecule has 2 rings (SSSR count). The van der Waals surface area contributed by atoms with Gasteiger partial charge in [0, 0.05) is 6.04 Å². The van der Waals surface area contributed by atoms with Crippen molar-refractivity contribution in [2.24, 2.45) is 0 Å². The Kier molecular flexibility index (Phi) is 5.99. The summed E-state index contributed by atoms with van der Waals surface area (Å²) < 4.78 is 5.74. The third-order valence-corrected chi connectivity index (χ3v) is 4.02. The summed E-state index contributed by atoms with van der Waals surface area (Å²) in [6, 6.07) is 6.62. The van der Waals surface area contributed by atoms with Crippen LogP contribution in [0.5, 0.6) is 5.75 Å². The van der Waals surface area contributed by atoms with Gasteiger partial charge in [0.05, 0.1) is 11.6 Å². The summed E-state index contributed by atoms with van der Waals surface area (Å²) in [6.45, 7) is 3.81. The van der Waals surface area contributed by atoms with E-state index in [2.05, 4.69) is 5.32 Å². The standard InChI is InChI=1S/C16H24ClNO/c1-13-8-9-15(17)16(12-13)19-11-5-10-18-14-6-3-2-4-7-14/h8-9,12,14,18H,2-7,10-11H2,1H3. The van der Waals surface area contributed by atoms with Gasteiger partial charge in [0.1, 0.15) is 5.75 Å². The summed E-state index contributed by atoms with van der Waals surface area (Å²) in [5.74, 6) is 0.805. The maximum absolute atomic E-state index is 6.09. The average molecular weight is 282 g/mol. The van der Waals surface area contributed by atoms with Crippen molar-refractivity contribution >= 4 is 11.6 Å². The topological polar surface area (TPSA) is 21.3 Å². The Labute approximate surface area is 121 Å². The molecule has 0 atom stereocenters. The summed E-state index contributed by atoms with van der Waals surface area (Å²) in [6.07, 6.45) is 7.88. The largest absolute Gasteiger partial charge is 0.492 e. The number of rotatable bonds is 6. The first-order valence-electron chi connectivity index (χ1n) is 7.38. The smallest absolute Gasteiger partial charge is 0.138 e. The molecule has 2 nitrogen and oxygen atoms in total. The lowest BCUT2D eigenvalue weighted by molar-refractivity contribution is 0.297. The third kappa shape index (κ3) is 5.04. The molecule has 0 radical (unpaired) electrons. The van der Waals surface area contributed by atoms with Gasteiger partial charge >= 0.3 is 0 Å². The van der Waals surface area contributed by atoms with Crippen LogP contribution in [0.3, 0.4) is 0 Å². The lowest BCUT2D eigenvalue weighted by Gasteiger charge is -2.22. The van der Waals surface area contributed by atoms with Crippen LogP contribution in [-0.4, -0.2) is 19.2 Å². The number of benzene rings is 1. The second-order valence-electron chi connectivity index (χ2n) is 5.42. The number of nitrogens with one attached hydrogen (secondary N) is 1. The molecule has 0 aliphatic heterocycles. The van der Waals surface area contributed by atoms with Crippen molar-refractivity contribution in [1.29, 1.82) is 0 Å². The van der Waals surface area contributed by atoms with Crippen molar-refractivity contribution in [2.45, 2.75) is 51.5 Å². The highest BCUT2D eigenvalue weighted by molar-refractivity contribution is 6.32. The average Bonchev–Trinajstić information content (AvgIpc) is 2.43. The molecule has 1 N–H and O–H groups in total. The molecule has 3 heteroatoms. The fraction of sp³-hybridized carbons (Fsp3) is 0.625. The van der Waals surface area contributed by atoms with Crippen molar-refractivity contribution in [3.05, 3.63) is 28.8 Å². The van der Waals surface area contributed by atoms with Crippen LogP contribution in [0, 0.1) is 6.92 Å². The van der Waals surface area contributed by atoms with E-state index in [9.17, 15) is 0 Å². The van der Waals surface area contributed by atoms with Crippen LogP contribution in [0.15, 0.2) is 18.2 Å². The molecule has 1 aromatic carbocycles. The maximum atomic E-state index is 6.09. The molecule has 19 heavy (non-hydrogen) atoms. The Morgan fingerprint density at radius 1 is 1.26 bits per heavy atom. The predicted molar refractivity (Wildman–Crippen MR) is 81.2 cm³/mol. The van der Waals surface area contributed by atoms with Crippen molar-refractivity contribution in [2.75, 3.05) is 13.2 Å². The van der Waals surface area contributed by atoms with Gasteiger partial charge in [-0.3, -0.25) is 0 Å². The number of hydrogen-bond acceptors (Lipinski definition) is 2. The molecular formula is C16H24ClNO. The zero-order chi connectivity index (χ0) is 13.5. The number of ether oxygens (including phenoxy) is 1. The molecule has 0 amide bonds. The lowest BCUT2D eigenvalue weighted by atomic mass is 9.95. The van der Waals surface area contributed by atoms with Gasteiger partial charge < -0.3 is 10.1 Å². The van der Waals surface area contributed by atoms with Gasteiger partial charge in [0.2, 0.25) is 0 Å². The monoisotopic (exact) mass is 281 g/mol. The van der Waals surface area contributed by atoms with E-state index in [1.807, 2.05) is 25.1 Å². The quantitative estimate of drug-likeness (QED) is 0.783. The highest BCUT2D eigenvalue weighted by atomic mass is 35.5. The molecule has 0 unspecified atom stereocenters. The van der Waals surface area contributed by atoms with Crippen molar-refractivity contribution in [3.63, 3.8) is 0 Å². The van der Waals surface area contributed by atoms with Crippen LogP contribution >= 0.6 is 11.6 Å². The maximum Gasteiger partial charge on any atom is 0.138 e. The molecule has 1 aromatic rings. The lowest BCUT2D eigenvalue weighted by Crippen LogP contribution is -2.32. The van der Waals surface area contributed by atoms with Crippen LogP contribution in [0.1, 0.15) is 44.1 Å². The van der Waals surface area contributed by atoms with Gasteiger partial charge in [-0.1, -0.05) is 36.9 Å². The zero-order valence-electron chi connectivity index (χ0n) is 11.8. The van der Waals surface area contributed by atoms with Gasteiger partial charge in [-0.2, -0.15) is 0 Å². The Morgan fingerprint density at radius 3 is 2.84 bits per heavy atom. The molecule has 0 spiro atoms. The fourth-order valence-electron chi connectivity index (χ4n) is 2.59. The number of aryl methyl sites for hydroxylation is 1. The third-order valence-electron chi connectivity index (χ3n) is 3.70. The Bertz CT molecular complexity index is 388. The first-order valence-corrected chi connectivity index (χ1v) is 7.76. The molecule has 0 aromatic heterocycles. The Morgan fingerprint density at radius 2 is 2.05 bits per heavy atom. The van der Waals surface area contributed by atoms with E-state index in [0.29, 0.717) is 5.02 Å². The van der Waals surface area contributed by atoms with E-state index in [1.54, 1.807) is 0 Å². The van der Waals surface area contributed by atoms with E-state index >= 15 is 0 Å². The van der Waals surface area contributed by atoms with Gasteiger partial charge in [-0.05, 0) is 50.4 Å². The van der Waals surface area contributed by atoms with Gasteiger partial charge in [-0.25, -0.2) is 0 Å². The van der Waals surface area contributed by atoms with E-state index in [4.69, 9.17) is 16.3 Å². The molecule has 1 fully saturated rings. The van der Waals surface area contributed by atoms with Crippen molar-refractivity contribution in [1.82, 2.24) is 5.32 Å². The minimum atomic E-state index is 0.700. The van der Waals surface area contributed by atoms with Crippen molar-refractivity contribution < 1.29 is 4.74 Å². The molecule has 1 aliphatic rings. The summed E-state index contributed by atoms with van der Waals surface area (Å²) >= 11 is 6.09. The second kappa shape index (κ2) is 7.76. The zero-order valence-corrected chi connectivity index (χ0v) is 12.5. The molecule has 106 valence electrons. The number of halogens is 1. The summed E-state index contributed by atoms with van der Waals surface area (Å²) in [5.41, 5.74) is 1.18. The molecular weight excluding hydrogens is 258 g/mol. The normalized spacial score (nSPS) is 16.5. The van der Waals surface area contributed by atoms with Crippen molar-refractivity contribution in [3.8, 4) is 5.75 Å². The Hall–Kier alpha value is -0.730. The summed E-state index contributed by atoms with van der Waals surface area (Å²) in [5, 5.41) is 4.32. The molecule has 1 saturated carbocycles. The minimum Gasteiger partial charge on any atom is -0.492 e. The predicted octanol–water partition coefficient (Wildman–Crippen LogP) is 4.34. The van der Waals surface area contributed by atoms with E-state index in [1.165, 1.54) is 37.7 Å². The fourth-order valence-corrected chi connectivity index (χ4v) is 2.76. The van der Waals surface area contributed by atoms with Crippen LogP contribution in [0.2, 0.25) is 5.02 Å². The van der Waals surface area contributed by atoms with Gasteiger partial charge in [-0.15, -0.1) is 0 Å². The second-order valence-corrected chi connectivity index (χ2v) is 5.83. The first kappa shape index (κ1) is 14.7. The summed E-state index contributed by atoms with van der Waals surface area (Å²) in [4.78, 5) is 0. The highest BCUT2D eigenvalue weighted by Crippen LogP contribution is 2.25.